The van der Waals surface area contributed by atoms with Crippen LogP contribution in [0.25, 0.3) is 0 Å². The Balaban J connectivity index is 1.95. The summed E-state index contributed by atoms with van der Waals surface area (Å²) in [6.45, 7) is 0.779. The molecule has 5 heteroatoms. The Morgan fingerprint density at radius 2 is 2.17 bits per heavy atom. The Morgan fingerprint density at radius 1 is 1.33 bits per heavy atom. The number of hydrogen-bond donors (Lipinski definition) is 1. The van der Waals surface area contributed by atoms with Crippen molar-refractivity contribution < 1.29 is 19.1 Å². The van der Waals surface area contributed by atoms with Crippen LogP contribution in [0, 0.1) is 0 Å². The fourth-order valence-electron chi connectivity index (χ4n) is 1.45. The van der Waals surface area contributed by atoms with E-state index in [4.69, 9.17) is 14.3 Å². The van der Waals surface area contributed by atoms with Crippen molar-refractivity contribution in [1.29, 1.82) is 0 Å². The highest BCUT2D eigenvalue weighted by atomic mass is 79.9. The summed E-state index contributed by atoms with van der Waals surface area (Å²) < 4.78 is 11.3. The SMILES string of the molecule is O=C(O)c1ccc(COCc2ccco2)c(Br)c1. The highest BCUT2D eigenvalue weighted by Crippen LogP contribution is 2.20. The number of hydrogen-bond acceptors (Lipinski definition) is 3. The lowest BCUT2D eigenvalue weighted by molar-refractivity contribution is 0.0696. The summed E-state index contributed by atoms with van der Waals surface area (Å²) >= 11 is 3.33. The Hall–Kier alpha value is -1.59. The summed E-state index contributed by atoms with van der Waals surface area (Å²) in [6, 6.07) is 8.49. The third-order valence-corrected chi connectivity index (χ3v) is 3.12. The molecule has 0 bridgehead atoms. The molecule has 1 N–H and O–H groups in total. The Bertz CT molecular complexity index is 534. The summed E-state index contributed by atoms with van der Waals surface area (Å²) in [4.78, 5) is 10.8. The minimum Gasteiger partial charge on any atom is -0.478 e. The van der Waals surface area contributed by atoms with Crippen LogP contribution in [0.5, 0.6) is 0 Å². The zero-order valence-electron chi connectivity index (χ0n) is 9.43. The van der Waals surface area contributed by atoms with E-state index in [9.17, 15) is 4.79 Å². The van der Waals surface area contributed by atoms with E-state index in [0.29, 0.717) is 13.2 Å². The molecule has 1 heterocycles. The van der Waals surface area contributed by atoms with Crippen LogP contribution in [0.1, 0.15) is 21.7 Å². The number of furan rings is 1. The van der Waals surface area contributed by atoms with Gasteiger partial charge in [-0.2, -0.15) is 0 Å². The van der Waals surface area contributed by atoms with Gasteiger partial charge < -0.3 is 14.3 Å². The zero-order valence-corrected chi connectivity index (χ0v) is 11.0. The molecule has 0 unspecified atom stereocenters. The number of rotatable bonds is 5. The number of halogens is 1. The van der Waals surface area contributed by atoms with E-state index in [1.165, 1.54) is 0 Å². The Kier molecular flexibility index (Phi) is 4.17. The summed E-state index contributed by atoms with van der Waals surface area (Å²) in [6.07, 6.45) is 1.59. The lowest BCUT2D eigenvalue weighted by Crippen LogP contribution is -1.99. The first-order valence-electron chi connectivity index (χ1n) is 5.28. The minimum absolute atomic E-state index is 0.247. The van der Waals surface area contributed by atoms with Crippen LogP contribution in [0.4, 0.5) is 0 Å². The second-order valence-corrected chi connectivity index (χ2v) is 4.54. The molecule has 0 radical (unpaired) electrons. The van der Waals surface area contributed by atoms with Gasteiger partial charge in [-0.3, -0.25) is 0 Å². The van der Waals surface area contributed by atoms with Gasteiger partial charge in [-0.1, -0.05) is 22.0 Å². The molecule has 0 amide bonds. The highest BCUT2D eigenvalue weighted by molar-refractivity contribution is 9.10. The van der Waals surface area contributed by atoms with Crippen LogP contribution >= 0.6 is 15.9 Å². The zero-order chi connectivity index (χ0) is 13.0. The summed E-state index contributed by atoms with van der Waals surface area (Å²) in [5, 5.41) is 8.84. The molecule has 0 fully saturated rings. The smallest absolute Gasteiger partial charge is 0.335 e. The van der Waals surface area contributed by atoms with Gasteiger partial charge in [0, 0.05) is 4.47 Å². The van der Waals surface area contributed by atoms with Crippen LogP contribution in [-0.2, 0) is 18.0 Å². The monoisotopic (exact) mass is 310 g/mol. The average Bonchev–Trinajstić information content (AvgIpc) is 2.84. The molecule has 0 aliphatic rings. The molecule has 94 valence electrons. The summed E-state index contributed by atoms with van der Waals surface area (Å²) in [7, 11) is 0. The van der Waals surface area contributed by atoms with Gasteiger partial charge in [0.2, 0.25) is 0 Å². The van der Waals surface area contributed by atoms with E-state index in [-0.39, 0.29) is 5.56 Å². The van der Waals surface area contributed by atoms with Crippen molar-refractivity contribution in [2.24, 2.45) is 0 Å². The van der Waals surface area contributed by atoms with Gasteiger partial charge in [-0.25, -0.2) is 4.79 Å². The Morgan fingerprint density at radius 3 is 2.78 bits per heavy atom. The van der Waals surface area contributed by atoms with Crippen molar-refractivity contribution >= 4 is 21.9 Å². The van der Waals surface area contributed by atoms with Crippen molar-refractivity contribution in [2.75, 3.05) is 0 Å². The van der Waals surface area contributed by atoms with Gasteiger partial charge in [-0.15, -0.1) is 0 Å². The number of benzene rings is 1. The van der Waals surface area contributed by atoms with Crippen LogP contribution in [0.15, 0.2) is 45.5 Å². The normalized spacial score (nSPS) is 10.5. The van der Waals surface area contributed by atoms with E-state index >= 15 is 0 Å². The van der Waals surface area contributed by atoms with Crippen molar-refractivity contribution in [1.82, 2.24) is 0 Å². The first-order valence-corrected chi connectivity index (χ1v) is 6.08. The van der Waals surface area contributed by atoms with E-state index in [2.05, 4.69) is 15.9 Å². The standard InChI is InChI=1S/C13H11BrO4/c14-12-6-9(13(15)16)3-4-10(12)7-17-8-11-2-1-5-18-11/h1-6H,7-8H2,(H,15,16). The maximum Gasteiger partial charge on any atom is 0.335 e. The minimum atomic E-state index is -0.946. The van der Waals surface area contributed by atoms with E-state index in [1.807, 2.05) is 6.07 Å². The number of carboxylic acid groups (broad SMARTS) is 1. The lowest BCUT2D eigenvalue weighted by atomic mass is 10.1. The molecule has 4 nitrogen and oxygen atoms in total. The number of ether oxygens (including phenoxy) is 1. The molecular formula is C13H11BrO4. The predicted octanol–water partition coefficient (Wildman–Crippen LogP) is 3.46. The molecule has 0 spiro atoms. The topological polar surface area (TPSA) is 59.7 Å². The molecular weight excluding hydrogens is 300 g/mol. The van der Waals surface area contributed by atoms with Gasteiger partial charge in [0.1, 0.15) is 12.4 Å². The van der Waals surface area contributed by atoms with Crippen molar-refractivity contribution in [3.8, 4) is 0 Å². The molecule has 0 saturated carbocycles. The number of carbonyl (C=O) groups is 1. The van der Waals surface area contributed by atoms with E-state index in [0.717, 1.165) is 15.8 Å². The highest BCUT2D eigenvalue weighted by Gasteiger charge is 2.07. The molecule has 1 aromatic carbocycles. The van der Waals surface area contributed by atoms with Crippen molar-refractivity contribution in [2.45, 2.75) is 13.2 Å². The van der Waals surface area contributed by atoms with Crippen LogP contribution in [0.3, 0.4) is 0 Å². The van der Waals surface area contributed by atoms with E-state index in [1.54, 1.807) is 30.5 Å². The quantitative estimate of drug-likeness (QED) is 0.918. The maximum absolute atomic E-state index is 10.8. The first kappa shape index (κ1) is 12.9. The predicted molar refractivity (Wildman–Crippen MR) is 68.3 cm³/mol. The largest absolute Gasteiger partial charge is 0.478 e. The van der Waals surface area contributed by atoms with Gasteiger partial charge >= 0.3 is 5.97 Å². The van der Waals surface area contributed by atoms with Crippen LogP contribution in [0.2, 0.25) is 0 Å². The molecule has 1 aromatic heterocycles. The molecule has 0 saturated heterocycles. The van der Waals surface area contributed by atoms with Crippen LogP contribution in [-0.4, -0.2) is 11.1 Å². The number of aromatic carboxylic acids is 1. The molecule has 0 atom stereocenters. The Labute approximate surface area is 112 Å². The molecule has 2 aromatic rings. The summed E-state index contributed by atoms with van der Waals surface area (Å²) in [5.41, 5.74) is 1.14. The third kappa shape index (κ3) is 3.21. The van der Waals surface area contributed by atoms with Gasteiger partial charge in [0.05, 0.1) is 18.4 Å². The summed E-state index contributed by atoms with van der Waals surface area (Å²) in [5.74, 6) is -0.188. The maximum atomic E-state index is 10.8. The fraction of sp³-hybridized carbons (Fsp3) is 0.154. The second-order valence-electron chi connectivity index (χ2n) is 3.68. The number of carboxylic acids is 1. The van der Waals surface area contributed by atoms with Crippen molar-refractivity contribution in [3.05, 3.63) is 58.0 Å². The average molecular weight is 311 g/mol. The van der Waals surface area contributed by atoms with Crippen molar-refractivity contribution in [3.63, 3.8) is 0 Å². The van der Waals surface area contributed by atoms with Gasteiger partial charge in [0.25, 0.3) is 0 Å². The van der Waals surface area contributed by atoms with Gasteiger partial charge in [-0.05, 0) is 29.8 Å². The lowest BCUT2D eigenvalue weighted by Gasteiger charge is -2.06. The van der Waals surface area contributed by atoms with Crippen LogP contribution < -0.4 is 0 Å². The molecule has 0 aliphatic heterocycles. The first-order chi connectivity index (χ1) is 8.66. The second kappa shape index (κ2) is 5.84. The molecule has 18 heavy (non-hydrogen) atoms. The fourth-order valence-corrected chi connectivity index (χ4v) is 1.95. The van der Waals surface area contributed by atoms with Gasteiger partial charge in [0.15, 0.2) is 0 Å². The molecule has 2 rings (SSSR count). The molecule has 0 aliphatic carbocycles. The third-order valence-electron chi connectivity index (χ3n) is 2.38. The van der Waals surface area contributed by atoms with E-state index < -0.39 is 5.97 Å².